The van der Waals surface area contributed by atoms with Gasteiger partial charge in [-0.05, 0) is 42.7 Å². The quantitative estimate of drug-likeness (QED) is 0.893. The first kappa shape index (κ1) is 11.2. The summed E-state index contributed by atoms with van der Waals surface area (Å²) in [5, 5.41) is 0. The number of hydrogen-bond donors (Lipinski definition) is 1. The number of benzene rings is 1. The van der Waals surface area contributed by atoms with Crippen LogP contribution in [0.1, 0.15) is 30.1 Å². The van der Waals surface area contributed by atoms with Crippen molar-refractivity contribution < 1.29 is 4.74 Å². The monoisotopic (exact) mass is 240 g/mol. The van der Waals surface area contributed by atoms with Crippen LogP contribution < -0.4 is 10.5 Å². The van der Waals surface area contributed by atoms with Crippen LogP contribution in [-0.4, -0.2) is 11.1 Å². The zero-order valence-corrected chi connectivity index (χ0v) is 10.1. The van der Waals surface area contributed by atoms with Crippen LogP contribution in [0.4, 0.5) is 0 Å². The van der Waals surface area contributed by atoms with E-state index >= 15 is 0 Å². The highest BCUT2D eigenvalue weighted by molar-refractivity contribution is 5.33. The molecule has 1 aromatic heterocycles. The van der Waals surface area contributed by atoms with Gasteiger partial charge in [-0.3, -0.25) is 4.98 Å². The van der Waals surface area contributed by atoms with Gasteiger partial charge in [0.1, 0.15) is 5.75 Å². The van der Waals surface area contributed by atoms with E-state index in [1.54, 1.807) is 6.20 Å². The van der Waals surface area contributed by atoms with Crippen molar-refractivity contribution in [3.8, 4) is 5.75 Å². The van der Waals surface area contributed by atoms with Crippen molar-refractivity contribution in [2.24, 2.45) is 5.73 Å². The topological polar surface area (TPSA) is 48.1 Å². The van der Waals surface area contributed by atoms with Crippen molar-refractivity contribution in [3.63, 3.8) is 0 Å². The van der Waals surface area contributed by atoms with Gasteiger partial charge in [0.15, 0.2) is 0 Å². The van der Waals surface area contributed by atoms with Crippen molar-refractivity contribution >= 4 is 0 Å². The Kier molecular flexibility index (Phi) is 2.99. The average Bonchev–Trinajstić information content (AvgIpc) is 3.24. The molecule has 1 saturated carbocycles. The molecule has 1 atom stereocenters. The summed E-state index contributed by atoms with van der Waals surface area (Å²) in [6, 6.07) is 13.6. The second kappa shape index (κ2) is 4.78. The molecule has 1 aromatic carbocycles. The van der Waals surface area contributed by atoms with E-state index in [2.05, 4.69) is 4.98 Å². The van der Waals surface area contributed by atoms with E-state index in [4.69, 9.17) is 10.5 Å². The van der Waals surface area contributed by atoms with E-state index in [9.17, 15) is 0 Å². The molecule has 0 amide bonds. The molecule has 2 N–H and O–H groups in total. The smallest absolute Gasteiger partial charge is 0.119 e. The summed E-state index contributed by atoms with van der Waals surface area (Å²) in [7, 11) is 0. The van der Waals surface area contributed by atoms with Gasteiger partial charge < -0.3 is 10.5 Å². The minimum atomic E-state index is -0.179. The van der Waals surface area contributed by atoms with Crippen LogP contribution in [0.25, 0.3) is 0 Å². The van der Waals surface area contributed by atoms with Crippen molar-refractivity contribution in [1.29, 1.82) is 0 Å². The Morgan fingerprint density at radius 2 is 1.89 bits per heavy atom. The third-order valence-electron chi connectivity index (χ3n) is 3.07. The van der Waals surface area contributed by atoms with Crippen LogP contribution in [0.3, 0.4) is 0 Å². The van der Waals surface area contributed by atoms with Gasteiger partial charge in [-0.1, -0.05) is 18.2 Å². The maximum absolute atomic E-state index is 6.18. The Hall–Kier alpha value is -1.87. The first-order chi connectivity index (χ1) is 8.83. The van der Waals surface area contributed by atoms with Gasteiger partial charge >= 0.3 is 0 Å². The zero-order chi connectivity index (χ0) is 12.4. The van der Waals surface area contributed by atoms with Gasteiger partial charge in [0.05, 0.1) is 17.8 Å². The lowest BCUT2D eigenvalue weighted by Gasteiger charge is -2.12. The highest BCUT2D eigenvalue weighted by Gasteiger charge is 2.23. The molecule has 1 fully saturated rings. The second-order valence-corrected chi connectivity index (χ2v) is 4.62. The predicted molar refractivity (Wildman–Crippen MR) is 70.4 cm³/mol. The molecular weight excluding hydrogens is 224 g/mol. The van der Waals surface area contributed by atoms with Gasteiger partial charge in [-0.2, -0.15) is 0 Å². The zero-order valence-electron chi connectivity index (χ0n) is 10.1. The van der Waals surface area contributed by atoms with E-state index in [1.807, 2.05) is 42.5 Å². The number of ether oxygens (including phenoxy) is 1. The molecular formula is C15H16N2O. The summed E-state index contributed by atoms with van der Waals surface area (Å²) in [5.41, 5.74) is 8.11. The normalized spacial score (nSPS) is 16.3. The van der Waals surface area contributed by atoms with E-state index in [0.29, 0.717) is 6.10 Å². The van der Waals surface area contributed by atoms with Crippen LogP contribution in [0.2, 0.25) is 0 Å². The van der Waals surface area contributed by atoms with Gasteiger partial charge in [0, 0.05) is 6.20 Å². The summed E-state index contributed by atoms with van der Waals surface area (Å²) in [6.07, 6.45) is 4.55. The molecule has 92 valence electrons. The number of rotatable bonds is 4. The molecule has 1 unspecified atom stereocenters. The minimum Gasteiger partial charge on any atom is -0.490 e. The van der Waals surface area contributed by atoms with Crippen molar-refractivity contribution in [3.05, 3.63) is 59.9 Å². The van der Waals surface area contributed by atoms with E-state index < -0.39 is 0 Å². The molecule has 1 aliphatic carbocycles. The lowest BCUT2D eigenvalue weighted by atomic mass is 10.0. The largest absolute Gasteiger partial charge is 0.490 e. The van der Waals surface area contributed by atoms with Gasteiger partial charge in [0.25, 0.3) is 0 Å². The molecule has 3 nitrogen and oxygen atoms in total. The fourth-order valence-corrected chi connectivity index (χ4v) is 1.86. The number of pyridine rings is 1. The molecule has 3 heteroatoms. The van der Waals surface area contributed by atoms with E-state index in [0.717, 1.165) is 17.0 Å². The number of aromatic nitrogens is 1. The lowest BCUT2D eigenvalue weighted by Crippen LogP contribution is -2.13. The number of nitrogens with zero attached hydrogens (tertiary/aromatic N) is 1. The predicted octanol–water partition coefficient (Wildman–Crippen LogP) is 2.67. The summed E-state index contributed by atoms with van der Waals surface area (Å²) < 4.78 is 5.71. The fourth-order valence-electron chi connectivity index (χ4n) is 1.86. The minimum absolute atomic E-state index is 0.179. The lowest BCUT2D eigenvalue weighted by molar-refractivity contribution is 0.303. The average molecular weight is 240 g/mol. The third-order valence-corrected chi connectivity index (χ3v) is 3.07. The van der Waals surface area contributed by atoms with Crippen LogP contribution in [0.5, 0.6) is 5.75 Å². The molecule has 3 rings (SSSR count). The summed E-state index contributed by atoms with van der Waals surface area (Å²) in [6.45, 7) is 0. The first-order valence-electron chi connectivity index (χ1n) is 6.26. The number of hydrogen-bond acceptors (Lipinski definition) is 3. The van der Waals surface area contributed by atoms with Gasteiger partial charge in [-0.25, -0.2) is 0 Å². The second-order valence-electron chi connectivity index (χ2n) is 4.62. The Morgan fingerprint density at radius 1 is 1.11 bits per heavy atom. The van der Waals surface area contributed by atoms with E-state index in [-0.39, 0.29) is 6.04 Å². The molecule has 1 aliphatic rings. The molecule has 0 radical (unpaired) electrons. The molecule has 0 spiro atoms. The molecule has 0 saturated heterocycles. The Bertz CT molecular complexity index is 506. The summed E-state index contributed by atoms with van der Waals surface area (Å²) >= 11 is 0. The van der Waals surface area contributed by atoms with Gasteiger partial charge in [-0.15, -0.1) is 0 Å². The van der Waals surface area contributed by atoms with E-state index in [1.165, 1.54) is 12.8 Å². The van der Waals surface area contributed by atoms with Crippen molar-refractivity contribution in [2.45, 2.75) is 25.0 Å². The van der Waals surface area contributed by atoms with Crippen molar-refractivity contribution in [2.75, 3.05) is 0 Å². The molecule has 18 heavy (non-hydrogen) atoms. The summed E-state index contributed by atoms with van der Waals surface area (Å²) in [5.74, 6) is 0.925. The van der Waals surface area contributed by atoms with Crippen LogP contribution in [0, 0.1) is 0 Å². The number of nitrogens with two attached hydrogens (primary N) is 1. The van der Waals surface area contributed by atoms with Crippen LogP contribution in [0.15, 0.2) is 48.7 Å². The highest BCUT2D eigenvalue weighted by Crippen LogP contribution is 2.27. The van der Waals surface area contributed by atoms with Crippen LogP contribution >= 0.6 is 0 Å². The van der Waals surface area contributed by atoms with Crippen molar-refractivity contribution in [1.82, 2.24) is 4.98 Å². The Morgan fingerprint density at radius 3 is 2.50 bits per heavy atom. The fraction of sp³-hybridized carbons (Fsp3) is 0.267. The van der Waals surface area contributed by atoms with Gasteiger partial charge in [0.2, 0.25) is 0 Å². The summed E-state index contributed by atoms with van der Waals surface area (Å²) in [4.78, 5) is 4.28. The standard InChI is InChI=1S/C15H16N2O/c16-15(14-3-1-2-10-17-14)11-4-6-12(7-5-11)18-13-8-9-13/h1-7,10,13,15H,8-9,16H2. The first-order valence-corrected chi connectivity index (χ1v) is 6.26. The molecule has 2 aromatic rings. The van der Waals surface area contributed by atoms with Crippen LogP contribution in [-0.2, 0) is 0 Å². The maximum Gasteiger partial charge on any atom is 0.119 e. The maximum atomic E-state index is 6.18. The molecule has 0 aliphatic heterocycles. The SMILES string of the molecule is NC(c1ccc(OC2CC2)cc1)c1ccccn1. The molecule has 0 bridgehead atoms. The highest BCUT2D eigenvalue weighted by atomic mass is 16.5. The third kappa shape index (κ3) is 2.51. The molecule has 1 heterocycles. The Labute approximate surface area is 107 Å². The Balaban J connectivity index is 1.75.